The number of nitrogens with two attached hydrogens (primary N) is 1. The lowest BCUT2D eigenvalue weighted by Gasteiger charge is -2.35. The Morgan fingerprint density at radius 2 is 2.15 bits per heavy atom. The molecule has 0 spiro atoms. The molecule has 7 heteroatoms. The van der Waals surface area contributed by atoms with Gasteiger partial charge in [-0.15, -0.1) is 0 Å². The third kappa shape index (κ3) is 3.59. The Balaban J connectivity index is 2.04. The minimum atomic E-state index is -3.51. The first-order valence-corrected chi connectivity index (χ1v) is 8.86. The summed E-state index contributed by atoms with van der Waals surface area (Å²) in [6, 6.07) is 4.99. The van der Waals surface area contributed by atoms with Gasteiger partial charge in [0.05, 0.1) is 11.0 Å². The van der Waals surface area contributed by atoms with E-state index < -0.39 is 10.0 Å². The molecule has 0 heterocycles. The number of rotatable bonds is 6. The molecule has 112 valence electrons. The van der Waals surface area contributed by atoms with Crippen LogP contribution in [0.5, 0.6) is 0 Å². The SMILES string of the molecule is CCOC1CC(NS(=O)(=O)c2ccc(CN)cc2Br)C1. The summed E-state index contributed by atoms with van der Waals surface area (Å²) >= 11 is 3.29. The molecular formula is C13H19BrN2O3S. The highest BCUT2D eigenvalue weighted by atomic mass is 79.9. The highest BCUT2D eigenvalue weighted by molar-refractivity contribution is 9.10. The monoisotopic (exact) mass is 362 g/mol. The van der Waals surface area contributed by atoms with Crippen LogP contribution in [0, 0.1) is 0 Å². The van der Waals surface area contributed by atoms with E-state index in [1.807, 2.05) is 6.92 Å². The predicted molar refractivity (Wildman–Crippen MR) is 80.8 cm³/mol. The highest BCUT2D eigenvalue weighted by Gasteiger charge is 2.33. The first-order valence-electron chi connectivity index (χ1n) is 6.58. The summed E-state index contributed by atoms with van der Waals surface area (Å²) in [7, 11) is -3.51. The zero-order valence-electron chi connectivity index (χ0n) is 11.3. The van der Waals surface area contributed by atoms with E-state index in [0.717, 1.165) is 18.4 Å². The Kier molecular flexibility index (Phi) is 5.19. The van der Waals surface area contributed by atoms with E-state index in [2.05, 4.69) is 20.7 Å². The van der Waals surface area contributed by atoms with Gasteiger partial charge in [-0.3, -0.25) is 0 Å². The van der Waals surface area contributed by atoms with Crippen LogP contribution in [-0.4, -0.2) is 27.2 Å². The second kappa shape index (κ2) is 6.53. The van der Waals surface area contributed by atoms with Gasteiger partial charge in [0.1, 0.15) is 0 Å². The standard InChI is InChI=1S/C13H19BrN2O3S/c1-2-19-11-6-10(7-11)16-20(17,18)13-4-3-9(8-15)5-12(13)14/h3-5,10-11,16H,2,6-8,15H2,1H3. The maximum Gasteiger partial charge on any atom is 0.241 e. The van der Waals surface area contributed by atoms with Crippen molar-refractivity contribution in [1.29, 1.82) is 0 Å². The molecular weight excluding hydrogens is 344 g/mol. The van der Waals surface area contributed by atoms with Crippen LogP contribution in [0.2, 0.25) is 0 Å². The van der Waals surface area contributed by atoms with Gasteiger partial charge >= 0.3 is 0 Å². The fourth-order valence-electron chi connectivity index (χ4n) is 2.21. The Morgan fingerprint density at radius 1 is 1.45 bits per heavy atom. The van der Waals surface area contributed by atoms with Crippen molar-refractivity contribution in [2.75, 3.05) is 6.61 Å². The van der Waals surface area contributed by atoms with Crippen molar-refractivity contribution in [2.45, 2.75) is 43.4 Å². The molecule has 2 rings (SSSR count). The lowest BCUT2D eigenvalue weighted by molar-refractivity contribution is -0.00476. The van der Waals surface area contributed by atoms with Crippen LogP contribution in [0.15, 0.2) is 27.6 Å². The topological polar surface area (TPSA) is 81.4 Å². The van der Waals surface area contributed by atoms with Gasteiger partial charge in [-0.2, -0.15) is 0 Å². The number of benzene rings is 1. The van der Waals surface area contributed by atoms with Crippen LogP contribution in [0.25, 0.3) is 0 Å². The van der Waals surface area contributed by atoms with Crippen LogP contribution in [0.3, 0.4) is 0 Å². The molecule has 0 aliphatic heterocycles. The van der Waals surface area contributed by atoms with E-state index in [1.165, 1.54) is 0 Å². The number of sulfonamides is 1. The molecule has 20 heavy (non-hydrogen) atoms. The van der Waals surface area contributed by atoms with E-state index in [0.29, 0.717) is 17.6 Å². The maximum absolute atomic E-state index is 12.3. The van der Waals surface area contributed by atoms with Crippen LogP contribution >= 0.6 is 15.9 Å². The molecule has 0 saturated heterocycles. The lowest BCUT2D eigenvalue weighted by atomic mass is 9.90. The van der Waals surface area contributed by atoms with Crippen molar-refractivity contribution >= 4 is 26.0 Å². The van der Waals surface area contributed by atoms with Gasteiger partial charge in [0.15, 0.2) is 0 Å². The molecule has 1 aromatic carbocycles. The molecule has 0 aromatic heterocycles. The van der Waals surface area contributed by atoms with E-state index in [9.17, 15) is 8.42 Å². The molecule has 0 atom stereocenters. The third-order valence-electron chi connectivity index (χ3n) is 3.34. The van der Waals surface area contributed by atoms with Crippen molar-refractivity contribution in [3.8, 4) is 0 Å². The Hall–Kier alpha value is -0.470. The summed E-state index contributed by atoms with van der Waals surface area (Å²) in [5, 5.41) is 0. The van der Waals surface area contributed by atoms with Crippen LogP contribution < -0.4 is 10.5 Å². The van der Waals surface area contributed by atoms with Crippen LogP contribution in [0.4, 0.5) is 0 Å². The predicted octanol–water partition coefficient (Wildman–Crippen LogP) is 1.75. The highest BCUT2D eigenvalue weighted by Crippen LogP contribution is 2.28. The summed E-state index contributed by atoms with van der Waals surface area (Å²) < 4.78 is 33.3. The van der Waals surface area contributed by atoms with Gasteiger partial charge in [-0.05, 0) is 53.4 Å². The first-order chi connectivity index (χ1) is 9.46. The van der Waals surface area contributed by atoms with Crippen LogP contribution in [0.1, 0.15) is 25.3 Å². The number of ether oxygens (including phenoxy) is 1. The molecule has 0 unspecified atom stereocenters. The number of nitrogens with one attached hydrogen (secondary N) is 1. The number of hydrogen-bond donors (Lipinski definition) is 2. The van der Waals surface area contributed by atoms with Crippen molar-refractivity contribution in [2.24, 2.45) is 5.73 Å². The maximum atomic E-state index is 12.3. The molecule has 0 bridgehead atoms. The summed E-state index contributed by atoms with van der Waals surface area (Å²) in [5.41, 5.74) is 6.42. The summed E-state index contributed by atoms with van der Waals surface area (Å²) in [5.74, 6) is 0. The Morgan fingerprint density at radius 3 is 2.70 bits per heavy atom. The summed E-state index contributed by atoms with van der Waals surface area (Å²) in [6.07, 6.45) is 1.63. The number of hydrogen-bond acceptors (Lipinski definition) is 4. The second-order valence-electron chi connectivity index (χ2n) is 4.84. The van der Waals surface area contributed by atoms with E-state index in [4.69, 9.17) is 10.5 Å². The van der Waals surface area contributed by atoms with Crippen LogP contribution in [-0.2, 0) is 21.3 Å². The molecule has 1 aliphatic carbocycles. The van der Waals surface area contributed by atoms with Crippen molar-refractivity contribution < 1.29 is 13.2 Å². The van der Waals surface area contributed by atoms with Crippen molar-refractivity contribution in [1.82, 2.24) is 4.72 Å². The average molecular weight is 363 g/mol. The van der Waals surface area contributed by atoms with Gasteiger partial charge in [0.2, 0.25) is 10.0 Å². The quantitative estimate of drug-likeness (QED) is 0.807. The molecule has 1 saturated carbocycles. The van der Waals surface area contributed by atoms with Gasteiger partial charge in [0.25, 0.3) is 0 Å². The minimum absolute atomic E-state index is 0.0439. The van der Waals surface area contributed by atoms with Crippen molar-refractivity contribution in [3.05, 3.63) is 28.2 Å². The molecule has 5 nitrogen and oxygen atoms in total. The summed E-state index contributed by atoms with van der Waals surface area (Å²) in [6.45, 7) is 2.98. The number of halogens is 1. The smallest absolute Gasteiger partial charge is 0.241 e. The second-order valence-corrected chi connectivity index (χ2v) is 7.37. The van der Waals surface area contributed by atoms with Gasteiger partial charge in [-0.1, -0.05) is 6.07 Å². The molecule has 1 fully saturated rings. The third-order valence-corrected chi connectivity index (χ3v) is 5.84. The van der Waals surface area contributed by atoms with E-state index in [1.54, 1.807) is 18.2 Å². The molecule has 1 aromatic rings. The van der Waals surface area contributed by atoms with E-state index >= 15 is 0 Å². The summed E-state index contributed by atoms with van der Waals surface area (Å²) in [4.78, 5) is 0.245. The molecule has 3 N–H and O–H groups in total. The first kappa shape index (κ1) is 15.9. The van der Waals surface area contributed by atoms with Gasteiger partial charge in [0, 0.05) is 23.7 Å². The molecule has 1 aliphatic rings. The zero-order chi connectivity index (χ0) is 14.8. The van der Waals surface area contributed by atoms with E-state index in [-0.39, 0.29) is 17.0 Å². The minimum Gasteiger partial charge on any atom is -0.378 e. The Labute approximate surface area is 128 Å². The largest absolute Gasteiger partial charge is 0.378 e. The molecule has 0 amide bonds. The van der Waals surface area contributed by atoms with Gasteiger partial charge < -0.3 is 10.5 Å². The van der Waals surface area contributed by atoms with Gasteiger partial charge in [-0.25, -0.2) is 13.1 Å². The lowest BCUT2D eigenvalue weighted by Crippen LogP contribution is -2.47. The average Bonchev–Trinajstić information content (AvgIpc) is 2.35. The zero-order valence-corrected chi connectivity index (χ0v) is 13.7. The van der Waals surface area contributed by atoms with Crippen molar-refractivity contribution in [3.63, 3.8) is 0 Å². The Bertz CT molecular complexity index is 571. The normalized spacial score (nSPS) is 22.6. The molecule has 0 radical (unpaired) electrons. The fourth-order valence-corrected chi connectivity index (χ4v) is 4.59. The fraction of sp³-hybridized carbons (Fsp3) is 0.538.